The van der Waals surface area contributed by atoms with E-state index in [1.54, 1.807) is 0 Å². The van der Waals surface area contributed by atoms with E-state index in [4.69, 9.17) is 10.2 Å². The van der Waals surface area contributed by atoms with Crippen molar-refractivity contribution in [2.24, 2.45) is 0 Å². The molecule has 278 valence electrons. The second-order valence-electron chi connectivity index (χ2n) is 13.5. The van der Waals surface area contributed by atoms with Crippen molar-refractivity contribution in [2.75, 3.05) is 13.2 Å². The molecule has 8 heteroatoms. The van der Waals surface area contributed by atoms with Crippen LogP contribution in [0.5, 0.6) is 0 Å². The first-order valence-corrected chi connectivity index (χ1v) is 20.3. The molecule has 0 aromatic rings. The molecular weight excluding hydrogens is 607 g/mol. The number of aliphatic carboxylic acids is 2. The molecule has 0 aliphatic heterocycles. The van der Waals surface area contributed by atoms with Crippen molar-refractivity contribution >= 4 is 28.6 Å². The topological polar surface area (TPSA) is 130 Å². The van der Waals surface area contributed by atoms with Gasteiger partial charge >= 0.3 is 40.4 Å². The second kappa shape index (κ2) is 47.5. The summed E-state index contributed by atoms with van der Waals surface area (Å²) in [6.07, 6.45) is 37.6. The van der Waals surface area contributed by atoms with Crippen LogP contribution in [0.25, 0.3) is 0 Å². The summed E-state index contributed by atoms with van der Waals surface area (Å²) in [4.78, 5) is 20.5. The maximum absolute atomic E-state index is 10.2. The van der Waals surface area contributed by atoms with Crippen molar-refractivity contribution in [1.29, 1.82) is 0 Å². The Balaban J connectivity index is -0.000000719. The summed E-state index contributed by atoms with van der Waals surface area (Å²) in [7, 11) is 0. The van der Waals surface area contributed by atoms with Crippen LogP contribution in [-0.4, -0.2) is 58.1 Å². The Hall–Kier alpha value is -0.648. The molecule has 47 heavy (non-hydrogen) atoms. The van der Waals surface area contributed by atoms with E-state index in [0.29, 0.717) is 19.3 Å². The van der Waals surface area contributed by atoms with Gasteiger partial charge in [-0.3, -0.25) is 0 Å². The first kappa shape index (κ1) is 50.7. The van der Waals surface area contributed by atoms with E-state index in [9.17, 15) is 19.8 Å². The average molecular weight is 685 g/mol. The zero-order valence-electron chi connectivity index (χ0n) is 31.1. The van der Waals surface area contributed by atoms with Crippen LogP contribution in [0.2, 0.25) is 0 Å². The number of carbonyl (C=O) groups excluding carboxylic acids is 2. The van der Waals surface area contributed by atoms with Gasteiger partial charge in [-0.25, -0.2) is 0 Å². The molecule has 0 fully saturated rings. The molecule has 0 unspecified atom stereocenters. The Morgan fingerprint density at radius 1 is 0.426 bits per heavy atom. The molecule has 0 aliphatic rings. The normalized spacial score (nSPS) is 10.8. The number of aliphatic hydroxyl groups is 2. The SMILES string of the molecule is CC(C)[O][Al+2].O=C([O-])CCCCCCCCCCCCCCCCCO.O=C([O-])CCCCCCCCCCCCCCCCCO. The molecule has 0 rings (SSSR count). The molecule has 0 aromatic carbocycles. The van der Waals surface area contributed by atoms with Gasteiger partial charge in [0.25, 0.3) is 0 Å². The Morgan fingerprint density at radius 2 is 0.574 bits per heavy atom. The van der Waals surface area contributed by atoms with Gasteiger partial charge in [-0.05, 0) is 38.5 Å². The van der Waals surface area contributed by atoms with Crippen molar-refractivity contribution in [3.63, 3.8) is 0 Å². The number of carboxylic acids is 2. The number of carbonyl (C=O) groups is 2. The van der Waals surface area contributed by atoms with Crippen molar-refractivity contribution in [2.45, 2.75) is 225 Å². The fourth-order valence-corrected chi connectivity index (χ4v) is 5.36. The van der Waals surface area contributed by atoms with Gasteiger partial charge in [-0.2, -0.15) is 0 Å². The molecule has 0 radical (unpaired) electrons. The first-order chi connectivity index (χ1) is 22.8. The van der Waals surface area contributed by atoms with Crippen molar-refractivity contribution in [1.82, 2.24) is 0 Å². The third-order valence-corrected chi connectivity index (χ3v) is 8.89. The minimum absolute atomic E-state index is 0.222. The minimum atomic E-state index is -0.914. The van der Waals surface area contributed by atoms with Gasteiger partial charge in [0.2, 0.25) is 0 Å². The molecule has 0 aliphatic carbocycles. The van der Waals surface area contributed by atoms with Gasteiger partial charge in [0.15, 0.2) is 0 Å². The Morgan fingerprint density at radius 3 is 0.702 bits per heavy atom. The van der Waals surface area contributed by atoms with E-state index < -0.39 is 11.9 Å². The average Bonchev–Trinajstić information content (AvgIpc) is 3.04. The predicted molar refractivity (Wildman–Crippen MR) is 194 cm³/mol. The molecule has 0 atom stereocenters. The molecular formula is C39H77AlO7. The monoisotopic (exact) mass is 685 g/mol. The number of unbranched alkanes of at least 4 members (excludes halogenated alkanes) is 28. The van der Waals surface area contributed by atoms with Gasteiger partial charge < -0.3 is 30.0 Å². The van der Waals surface area contributed by atoms with Crippen molar-refractivity contribution in [3.05, 3.63) is 0 Å². The van der Waals surface area contributed by atoms with E-state index in [-0.39, 0.29) is 12.8 Å². The largest absolute Gasteiger partial charge is 0.550 e. The number of aliphatic hydroxyl groups excluding tert-OH is 2. The van der Waals surface area contributed by atoms with Crippen LogP contribution in [0.1, 0.15) is 219 Å². The molecule has 2 N–H and O–H groups in total. The second-order valence-corrected chi connectivity index (χ2v) is 13.8. The molecule has 0 spiro atoms. The van der Waals surface area contributed by atoms with Crippen molar-refractivity contribution < 1.29 is 33.8 Å². The smallest absolute Gasteiger partial charge is 0.0431 e. The Labute approximate surface area is 300 Å². The van der Waals surface area contributed by atoms with E-state index in [0.717, 1.165) is 38.5 Å². The fraction of sp³-hybridized carbons (Fsp3) is 0.949. The third kappa shape index (κ3) is 61.1. The van der Waals surface area contributed by atoms with E-state index in [1.807, 2.05) is 13.8 Å². The van der Waals surface area contributed by atoms with Gasteiger partial charge in [-0.15, -0.1) is 0 Å². The van der Waals surface area contributed by atoms with Crippen LogP contribution in [0, 0.1) is 0 Å². The van der Waals surface area contributed by atoms with Crippen LogP contribution >= 0.6 is 0 Å². The van der Waals surface area contributed by atoms with E-state index in [1.165, 1.54) is 154 Å². The molecule has 0 saturated heterocycles. The predicted octanol–water partition coefficient (Wildman–Crippen LogP) is 8.44. The summed E-state index contributed by atoms with van der Waals surface area (Å²) in [5.74, 6) is -1.83. The van der Waals surface area contributed by atoms with Gasteiger partial charge in [0.1, 0.15) is 0 Å². The molecule has 0 bridgehead atoms. The summed E-state index contributed by atoms with van der Waals surface area (Å²) in [6.45, 7) is 4.65. The van der Waals surface area contributed by atoms with Gasteiger partial charge in [0.05, 0.1) is 0 Å². The van der Waals surface area contributed by atoms with Crippen LogP contribution in [-0.2, 0) is 13.4 Å². The first-order valence-electron chi connectivity index (χ1n) is 19.8. The summed E-state index contributed by atoms with van der Waals surface area (Å²) >= 11 is 2.19. The molecule has 7 nitrogen and oxygen atoms in total. The van der Waals surface area contributed by atoms with E-state index >= 15 is 0 Å². The summed E-state index contributed by atoms with van der Waals surface area (Å²) in [5, 5.41) is 37.8. The number of rotatable bonds is 35. The zero-order valence-corrected chi connectivity index (χ0v) is 32.3. The van der Waals surface area contributed by atoms with Gasteiger partial charge in [-0.1, -0.05) is 167 Å². The minimum Gasteiger partial charge on any atom is -0.550 e. The van der Waals surface area contributed by atoms with Crippen LogP contribution in [0.15, 0.2) is 0 Å². The molecule has 0 amide bonds. The number of hydrogen-bond donors (Lipinski definition) is 2. The maximum atomic E-state index is 10.2. The van der Waals surface area contributed by atoms with Crippen LogP contribution < -0.4 is 10.2 Å². The maximum Gasteiger partial charge on any atom is 0.0431 e. The Kier molecular flexibility index (Phi) is 51.2. The van der Waals surface area contributed by atoms with Crippen LogP contribution in [0.4, 0.5) is 0 Å². The van der Waals surface area contributed by atoms with Gasteiger partial charge in [0, 0.05) is 25.2 Å². The Bertz CT molecular complexity index is 544. The molecule has 0 aromatic heterocycles. The van der Waals surface area contributed by atoms with Crippen LogP contribution in [0.3, 0.4) is 0 Å². The quantitative estimate of drug-likeness (QED) is 0.0506. The van der Waals surface area contributed by atoms with Crippen molar-refractivity contribution in [3.8, 4) is 0 Å². The summed E-state index contributed by atoms with van der Waals surface area (Å²) in [5.41, 5.74) is 0. The zero-order chi connectivity index (χ0) is 35.5. The summed E-state index contributed by atoms with van der Waals surface area (Å²) in [6, 6.07) is 0. The number of hydrogen-bond acceptors (Lipinski definition) is 7. The third-order valence-electron chi connectivity index (χ3n) is 8.35. The molecule has 0 saturated carbocycles. The summed E-state index contributed by atoms with van der Waals surface area (Å²) < 4.78 is 4.67. The standard InChI is InChI=1S/2C18H36O3.C3H7O.Al/c2*19-17-15-13-11-9-7-5-3-1-2-4-6-8-10-12-14-16-18(20)21;1-3(2)4;/h2*19H,1-17H2,(H,20,21);3H,1-2H3;/q;;-1;+3/p-2. The molecule has 0 heterocycles. The van der Waals surface area contributed by atoms with E-state index in [2.05, 4.69) is 20.4 Å². The fourth-order valence-electron chi connectivity index (χ4n) is 5.36. The number of carboxylic acid groups (broad SMARTS) is 2.